The largest absolute Gasteiger partial charge is 0.476 e. The number of oxime groups is 1. The fraction of sp³-hybridized carbons (Fsp3) is 0.111. The molecular formula is C9H8FNO3. The van der Waals surface area contributed by atoms with Crippen molar-refractivity contribution in [3.05, 3.63) is 35.6 Å². The van der Waals surface area contributed by atoms with Crippen LogP contribution in [0.4, 0.5) is 4.39 Å². The van der Waals surface area contributed by atoms with E-state index >= 15 is 0 Å². The lowest BCUT2D eigenvalue weighted by Gasteiger charge is -1.99. The molecule has 0 spiro atoms. The summed E-state index contributed by atoms with van der Waals surface area (Å²) in [5, 5.41) is 12.0. The van der Waals surface area contributed by atoms with Crippen LogP contribution in [0.1, 0.15) is 5.56 Å². The van der Waals surface area contributed by atoms with Gasteiger partial charge in [0.15, 0.2) is 5.71 Å². The highest BCUT2D eigenvalue weighted by molar-refractivity contribution is 6.42. The van der Waals surface area contributed by atoms with Crippen molar-refractivity contribution in [3.63, 3.8) is 0 Å². The summed E-state index contributed by atoms with van der Waals surface area (Å²) in [6, 6.07) is 4.95. The molecule has 1 rings (SSSR count). The molecule has 0 fully saturated rings. The van der Waals surface area contributed by atoms with Gasteiger partial charge >= 0.3 is 5.97 Å². The Morgan fingerprint density at radius 3 is 2.43 bits per heavy atom. The molecule has 5 heteroatoms. The Hall–Kier alpha value is -1.91. The maximum absolute atomic E-state index is 12.5. The molecule has 14 heavy (non-hydrogen) atoms. The van der Waals surface area contributed by atoms with E-state index in [0.29, 0.717) is 5.56 Å². The van der Waals surface area contributed by atoms with Crippen molar-refractivity contribution in [2.75, 3.05) is 7.11 Å². The van der Waals surface area contributed by atoms with Gasteiger partial charge in [0.1, 0.15) is 12.9 Å². The van der Waals surface area contributed by atoms with Gasteiger partial charge in [-0.2, -0.15) is 0 Å². The predicted octanol–water partition coefficient (Wildman–Crippen LogP) is 1.26. The molecule has 0 amide bonds. The number of carboxylic acids is 1. The van der Waals surface area contributed by atoms with Crippen LogP contribution in [0.2, 0.25) is 0 Å². The summed E-state index contributed by atoms with van der Waals surface area (Å²) in [5.74, 6) is -1.66. The minimum atomic E-state index is -1.22. The number of carbonyl (C=O) groups is 1. The first kappa shape index (κ1) is 10.2. The van der Waals surface area contributed by atoms with Crippen LogP contribution >= 0.6 is 0 Å². The molecular weight excluding hydrogens is 189 g/mol. The predicted molar refractivity (Wildman–Crippen MR) is 47.6 cm³/mol. The number of carboxylic acid groups (broad SMARTS) is 1. The summed E-state index contributed by atoms with van der Waals surface area (Å²) in [4.78, 5) is 15.0. The van der Waals surface area contributed by atoms with E-state index in [4.69, 9.17) is 5.11 Å². The summed E-state index contributed by atoms with van der Waals surface area (Å²) in [6.45, 7) is 0. The first-order chi connectivity index (χ1) is 6.65. The smallest absolute Gasteiger partial charge is 0.358 e. The molecule has 0 radical (unpaired) electrons. The van der Waals surface area contributed by atoms with Crippen LogP contribution in [-0.4, -0.2) is 23.9 Å². The van der Waals surface area contributed by atoms with Crippen molar-refractivity contribution in [1.29, 1.82) is 0 Å². The molecule has 0 heterocycles. The molecule has 0 bridgehead atoms. The average Bonchev–Trinajstić information content (AvgIpc) is 2.15. The highest BCUT2D eigenvalue weighted by atomic mass is 19.1. The number of halogens is 1. The van der Waals surface area contributed by atoms with Crippen LogP contribution in [0.25, 0.3) is 0 Å². The molecule has 1 N–H and O–H groups in total. The highest BCUT2D eigenvalue weighted by Gasteiger charge is 2.12. The minimum absolute atomic E-state index is 0.257. The number of benzene rings is 1. The second kappa shape index (κ2) is 4.36. The van der Waals surface area contributed by atoms with Crippen molar-refractivity contribution >= 4 is 11.7 Å². The summed E-state index contributed by atoms with van der Waals surface area (Å²) in [7, 11) is 1.24. The van der Waals surface area contributed by atoms with Crippen molar-refractivity contribution in [3.8, 4) is 0 Å². The highest BCUT2D eigenvalue weighted by Crippen LogP contribution is 2.05. The second-order valence-corrected chi connectivity index (χ2v) is 2.43. The van der Waals surface area contributed by atoms with Crippen LogP contribution in [0.15, 0.2) is 29.4 Å². The molecule has 74 valence electrons. The number of nitrogens with zero attached hydrogens (tertiary/aromatic N) is 1. The van der Waals surface area contributed by atoms with E-state index in [1.54, 1.807) is 0 Å². The Kier molecular flexibility index (Phi) is 3.17. The molecule has 0 aliphatic heterocycles. The van der Waals surface area contributed by atoms with E-state index < -0.39 is 11.8 Å². The van der Waals surface area contributed by atoms with Gasteiger partial charge in [-0.3, -0.25) is 0 Å². The first-order valence-corrected chi connectivity index (χ1v) is 3.75. The van der Waals surface area contributed by atoms with Gasteiger partial charge in [-0.15, -0.1) is 0 Å². The van der Waals surface area contributed by atoms with Gasteiger partial charge in [0.05, 0.1) is 0 Å². The van der Waals surface area contributed by atoms with E-state index in [9.17, 15) is 9.18 Å². The molecule has 0 unspecified atom stereocenters. The molecule has 0 saturated carbocycles. The Labute approximate surface area is 79.6 Å². The van der Waals surface area contributed by atoms with E-state index in [1.807, 2.05) is 0 Å². The summed E-state index contributed by atoms with van der Waals surface area (Å²) in [5.41, 5.74) is 0.0354. The Balaban J connectivity index is 3.06. The fourth-order valence-corrected chi connectivity index (χ4v) is 0.914. The number of rotatable bonds is 3. The third-order valence-corrected chi connectivity index (χ3v) is 1.50. The molecule has 4 nitrogen and oxygen atoms in total. The Morgan fingerprint density at radius 1 is 1.43 bits per heavy atom. The SMILES string of the molecule is CO/N=C(\C(=O)O)c1ccc(F)cc1. The van der Waals surface area contributed by atoms with E-state index in [2.05, 4.69) is 9.99 Å². The van der Waals surface area contributed by atoms with Gasteiger partial charge in [-0.1, -0.05) is 5.16 Å². The Bertz CT molecular complexity index is 359. The molecule has 0 atom stereocenters. The lowest BCUT2D eigenvalue weighted by atomic mass is 10.1. The number of aliphatic carboxylic acids is 1. The van der Waals surface area contributed by atoms with Crippen LogP contribution in [0, 0.1) is 5.82 Å². The van der Waals surface area contributed by atoms with Crippen molar-refractivity contribution < 1.29 is 19.1 Å². The van der Waals surface area contributed by atoms with Gasteiger partial charge in [0.25, 0.3) is 0 Å². The average molecular weight is 197 g/mol. The van der Waals surface area contributed by atoms with Crippen molar-refractivity contribution in [1.82, 2.24) is 0 Å². The van der Waals surface area contributed by atoms with Gasteiger partial charge in [-0.05, 0) is 24.3 Å². The van der Waals surface area contributed by atoms with E-state index in [0.717, 1.165) is 12.1 Å². The molecule has 0 aliphatic carbocycles. The van der Waals surface area contributed by atoms with E-state index in [-0.39, 0.29) is 5.71 Å². The van der Waals surface area contributed by atoms with Gasteiger partial charge in [0.2, 0.25) is 0 Å². The molecule has 0 saturated heterocycles. The molecule has 0 aromatic heterocycles. The van der Waals surface area contributed by atoms with Crippen LogP contribution in [-0.2, 0) is 9.63 Å². The maximum atomic E-state index is 12.5. The van der Waals surface area contributed by atoms with Crippen molar-refractivity contribution in [2.24, 2.45) is 5.16 Å². The van der Waals surface area contributed by atoms with Crippen LogP contribution in [0.5, 0.6) is 0 Å². The second-order valence-electron chi connectivity index (χ2n) is 2.43. The third-order valence-electron chi connectivity index (χ3n) is 1.50. The molecule has 1 aromatic rings. The fourth-order valence-electron chi connectivity index (χ4n) is 0.914. The quantitative estimate of drug-likeness (QED) is 0.586. The standard InChI is InChI=1S/C9H8FNO3/c1-14-11-8(9(12)13)6-2-4-7(10)5-3-6/h2-5H,1H3,(H,12,13)/b11-8-. The zero-order valence-corrected chi connectivity index (χ0v) is 7.40. The topological polar surface area (TPSA) is 58.9 Å². The lowest BCUT2D eigenvalue weighted by molar-refractivity contribution is -0.129. The van der Waals surface area contributed by atoms with Gasteiger partial charge in [0, 0.05) is 5.56 Å². The van der Waals surface area contributed by atoms with Gasteiger partial charge < -0.3 is 9.94 Å². The summed E-state index contributed by atoms with van der Waals surface area (Å²) in [6.07, 6.45) is 0. The number of hydrogen-bond donors (Lipinski definition) is 1. The zero-order chi connectivity index (χ0) is 10.6. The van der Waals surface area contributed by atoms with Crippen LogP contribution in [0.3, 0.4) is 0 Å². The Morgan fingerprint density at radius 2 is 2.00 bits per heavy atom. The van der Waals surface area contributed by atoms with Crippen LogP contribution < -0.4 is 0 Å². The summed E-state index contributed by atoms with van der Waals surface area (Å²) >= 11 is 0. The molecule has 1 aromatic carbocycles. The monoisotopic (exact) mass is 197 g/mol. The van der Waals surface area contributed by atoms with E-state index in [1.165, 1.54) is 19.2 Å². The first-order valence-electron chi connectivity index (χ1n) is 3.75. The van der Waals surface area contributed by atoms with Crippen molar-refractivity contribution in [2.45, 2.75) is 0 Å². The maximum Gasteiger partial charge on any atom is 0.358 e. The normalized spacial score (nSPS) is 11.1. The van der Waals surface area contributed by atoms with Gasteiger partial charge in [-0.25, -0.2) is 9.18 Å². The number of hydrogen-bond acceptors (Lipinski definition) is 3. The zero-order valence-electron chi connectivity index (χ0n) is 7.40. The lowest BCUT2D eigenvalue weighted by Crippen LogP contribution is -2.14. The third kappa shape index (κ3) is 2.29. The molecule has 0 aliphatic rings. The minimum Gasteiger partial charge on any atom is -0.476 e. The summed E-state index contributed by atoms with van der Waals surface area (Å²) < 4.78 is 12.5.